The van der Waals surface area contributed by atoms with Gasteiger partial charge in [0.2, 0.25) is 0 Å². The lowest BCUT2D eigenvalue weighted by molar-refractivity contribution is 0.0955. The maximum atomic E-state index is 12.0. The van der Waals surface area contributed by atoms with Crippen LogP contribution in [-0.2, 0) is 0 Å². The number of hydrazone groups is 1. The third-order valence-corrected chi connectivity index (χ3v) is 3.02. The molecule has 0 aliphatic carbocycles. The normalized spacial score (nSPS) is 10.8. The van der Waals surface area contributed by atoms with Crippen molar-refractivity contribution in [1.82, 2.24) is 25.6 Å². The number of hydrogen-bond donors (Lipinski definition) is 2. The van der Waals surface area contributed by atoms with Gasteiger partial charge < -0.3 is 5.11 Å². The Hall–Kier alpha value is -3.55. The summed E-state index contributed by atoms with van der Waals surface area (Å²) in [4.78, 5) is 12.0. The smallest absolute Gasteiger partial charge is 0.271 e. The molecule has 0 spiro atoms. The molecule has 0 aliphatic rings. The van der Waals surface area contributed by atoms with Gasteiger partial charge in [0, 0.05) is 5.56 Å². The molecule has 0 aliphatic heterocycles. The molecule has 3 rings (SSSR count). The van der Waals surface area contributed by atoms with Gasteiger partial charge in [-0.1, -0.05) is 0 Å². The van der Waals surface area contributed by atoms with E-state index in [1.54, 1.807) is 48.5 Å². The summed E-state index contributed by atoms with van der Waals surface area (Å²) in [6.07, 6.45) is 2.96. The quantitative estimate of drug-likeness (QED) is 0.555. The van der Waals surface area contributed by atoms with Crippen molar-refractivity contribution in [1.29, 1.82) is 0 Å². The van der Waals surface area contributed by atoms with Crippen molar-refractivity contribution in [3.63, 3.8) is 0 Å². The summed E-state index contributed by atoms with van der Waals surface area (Å²) in [5.41, 5.74) is 4.41. The number of hydrogen-bond acceptors (Lipinski definition) is 6. The molecule has 1 aromatic heterocycles. The number of benzene rings is 2. The topological polar surface area (TPSA) is 105 Å². The molecule has 1 amide bonds. The highest BCUT2D eigenvalue weighted by atomic mass is 16.3. The van der Waals surface area contributed by atoms with E-state index in [0.29, 0.717) is 5.56 Å². The van der Waals surface area contributed by atoms with Crippen molar-refractivity contribution in [2.24, 2.45) is 5.10 Å². The summed E-state index contributed by atoms with van der Waals surface area (Å²) in [6.45, 7) is 0. The first-order valence-corrected chi connectivity index (χ1v) is 6.68. The minimum Gasteiger partial charge on any atom is -0.508 e. The number of aromatic nitrogens is 4. The van der Waals surface area contributed by atoms with Gasteiger partial charge in [0.05, 0.1) is 11.9 Å². The molecule has 0 saturated carbocycles. The van der Waals surface area contributed by atoms with E-state index in [2.05, 4.69) is 26.1 Å². The Balaban J connectivity index is 1.63. The predicted molar refractivity (Wildman–Crippen MR) is 82.3 cm³/mol. The number of nitrogens with one attached hydrogen (secondary N) is 1. The maximum Gasteiger partial charge on any atom is 0.271 e. The third kappa shape index (κ3) is 3.56. The Morgan fingerprint density at radius 3 is 2.52 bits per heavy atom. The SMILES string of the molecule is O=C(N/N=C/c1ccc(O)cc1)c1ccc(-n2cnnn2)cc1. The average molecular weight is 308 g/mol. The van der Waals surface area contributed by atoms with Gasteiger partial charge in [-0.05, 0) is 64.5 Å². The molecule has 2 aromatic carbocycles. The molecule has 0 unspecified atom stereocenters. The van der Waals surface area contributed by atoms with Crippen molar-refractivity contribution in [2.75, 3.05) is 0 Å². The summed E-state index contributed by atoms with van der Waals surface area (Å²) in [7, 11) is 0. The lowest BCUT2D eigenvalue weighted by Crippen LogP contribution is -2.17. The van der Waals surface area contributed by atoms with Gasteiger partial charge in [0.1, 0.15) is 12.1 Å². The fourth-order valence-corrected chi connectivity index (χ4v) is 1.84. The predicted octanol–water partition coefficient (Wildman–Crippen LogP) is 1.13. The summed E-state index contributed by atoms with van der Waals surface area (Å²) in [5, 5.41) is 23.9. The number of nitrogens with zero attached hydrogens (tertiary/aromatic N) is 5. The first-order valence-electron chi connectivity index (χ1n) is 6.68. The fraction of sp³-hybridized carbons (Fsp3) is 0. The highest BCUT2D eigenvalue weighted by molar-refractivity contribution is 5.95. The van der Waals surface area contributed by atoms with Gasteiger partial charge in [0.15, 0.2) is 0 Å². The fourth-order valence-electron chi connectivity index (χ4n) is 1.84. The number of tetrazole rings is 1. The number of aromatic hydroxyl groups is 1. The lowest BCUT2D eigenvalue weighted by Gasteiger charge is -2.02. The zero-order chi connectivity index (χ0) is 16.1. The van der Waals surface area contributed by atoms with Gasteiger partial charge in [0.25, 0.3) is 5.91 Å². The number of amides is 1. The minimum absolute atomic E-state index is 0.175. The van der Waals surface area contributed by atoms with Gasteiger partial charge in [-0.15, -0.1) is 5.10 Å². The van der Waals surface area contributed by atoms with E-state index in [-0.39, 0.29) is 11.7 Å². The van der Waals surface area contributed by atoms with Crippen LogP contribution >= 0.6 is 0 Å². The average Bonchev–Trinajstić information content (AvgIpc) is 3.11. The summed E-state index contributed by atoms with van der Waals surface area (Å²) < 4.78 is 1.49. The second-order valence-corrected chi connectivity index (χ2v) is 4.59. The molecule has 0 saturated heterocycles. The number of phenolic OH excluding ortho intramolecular Hbond substituents is 1. The first kappa shape index (κ1) is 14.4. The molecule has 0 radical (unpaired) electrons. The highest BCUT2D eigenvalue weighted by Crippen LogP contribution is 2.09. The molecule has 2 N–H and O–H groups in total. The van der Waals surface area contributed by atoms with Gasteiger partial charge in [-0.3, -0.25) is 4.79 Å². The van der Waals surface area contributed by atoms with Crippen LogP contribution in [0, 0.1) is 0 Å². The molecule has 8 heteroatoms. The van der Waals surface area contributed by atoms with Crippen LogP contribution in [0.5, 0.6) is 5.75 Å². The van der Waals surface area contributed by atoms with Crippen LogP contribution in [0.1, 0.15) is 15.9 Å². The van der Waals surface area contributed by atoms with Crippen LogP contribution in [-0.4, -0.2) is 37.4 Å². The van der Waals surface area contributed by atoms with Gasteiger partial charge >= 0.3 is 0 Å². The third-order valence-electron chi connectivity index (χ3n) is 3.02. The van der Waals surface area contributed by atoms with Crippen LogP contribution in [0.4, 0.5) is 0 Å². The van der Waals surface area contributed by atoms with Gasteiger partial charge in [-0.25, -0.2) is 10.1 Å². The molecular formula is C15H12N6O2. The molecular weight excluding hydrogens is 296 g/mol. The minimum atomic E-state index is -0.330. The molecule has 8 nitrogen and oxygen atoms in total. The van der Waals surface area contributed by atoms with Crippen molar-refractivity contribution in [3.05, 3.63) is 66.0 Å². The van der Waals surface area contributed by atoms with Crippen LogP contribution in [0.2, 0.25) is 0 Å². The Morgan fingerprint density at radius 1 is 1.13 bits per heavy atom. The van der Waals surface area contributed by atoms with E-state index < -0.39 is 0 Å². The standard InChI is InChI=1S/C15H12N6O2/c22-14-7-1-11(2-8-14)9-16-18-15(23)12-3-5-13(6-4-12)21-10-17-19-20-21/h1-10,22H,(H,18,23)/b16-9+. The maximum absolute atomic E-state index is 12.0. The largest absolute Gasteiger partial charge is 0.508 e. The zero-order valence-electron chi connectivity index (χ0n) is 11.9. The number of carbonyl (C=O) groups is 1. The Labute approximate surface area is 131 Å². The molecule has 0 bridgehead atoms. The number of carbonyl (C=O) groups excluding carboxylic acids is 1. The second kappa shape index (κ2) is 6.48. The van der Waals surface area contributed by atoms with E-state index in [9.17, 15) is 9.90 Å². The molecule has 114 valence electrons. The summed E-state index contributed by atoms with van der Waals surface area (Å²) in [6, 6.07) is 13.2. The van der Waals surface area contributed by atoms with Crippen molar-refractivity contribution in [3.8, 4) is 11.4 Å². The summed E-state index contributed by atoms with van der Waals surface area (Å²) >= 11 is 0. The second-order valence-electron chi connectivity index (χ2n) is 4.59. The molecule has 1 heterocycles. The van der Waals surface area contributed by atoms with Crippen molar-refractivity contribution >= 4 is 12.1 Å². The summed E-state index contributed by atoms with van der Waals surface area (Å²) in [5.74, 6) is -0.155. The Kier molecular flexibility index (Phi) is 4.05. The van der Waals surface area contributed by atoms with E-state index >= 15 is 0 Å². The zero-order valence-corrected chi connectivity index (χ0v) is 11.9. The van der Waals surface area contributed by atoms with Crippen molar-refractivity contribution in [2.45, 2.75) is 0 Å². The highest BCUT2D eigenvalue weighted by Gasteiger charge is 2.05. The van der Waals surface area contributed by atoms with Crippen LogP contribution in [0.15, 0.2) is 60.0 Å². The molecule has 0 fully saturated rings. The van der Waals surface area contributed by atoms with E-state index in [1.807, 2.05) is 0 Å². The van der Waals surface area contributed by atoms with Crippen LogP contribution < -0.4 is 5.43 Å². The number of phenols is 1. The lowest BCUT2D eigenvalue weighted by atomic mass is 10.2. The van der Waals surface area contributed by atoms with E-state index in [4.69, 9.17) is 0 Å². The Bertz CT molecular complexity index is 810. The number of rotatable bonds is 4. The molecule has 3 aromatic rings. The van der Waals surface area contributed by atoms with Crippen LogP contribution in [0.25, 0.3) is 5.69 Å². The Morgan fingerprint density at radius 2 is 1.87 bits per heavy atom. The van der Waals surface area contributed by atoms with Gasteiger partial charge in [-0.2, -0.15) is 5.10 Å². The first-order chi connectivity index (χ1) is 11.2. The molecule has 23 heavy (non-hydrogen) atoms. The van der Waals surface area contributed by atoms with Crippen molar-refractivity contribution < 1.29 is 9.90 Å². The van der Waals surface area contributed by atoms with E-state index in [0.717, 1.165) is 11.3 Å². The van der Waals surface area contributed by atoms with Crippen LogP contribution in [0.3, 0.4) is 0 Å². The monoisotopic (exact) mass is 308 g/mol. The van der Waals surface area contributed by atoms with E-state index in [1.165, 1.54) is 17.2 Å². The molecule has 0 atom stereocenters.